The highest BCUT2D eigenvalue weighted by atomic mass is 15.1. The van der Waals surface area contributed by atoms with Gasteiger partial charge in [-0.2, -0.15) is 0 Å². The lowest BCUT2D eigenvalue weighted by atomic mass is 9.98. The van der Waals surface area contributed by atoms with Gasteiger partial charge in [-0.15, -0.1) is 0 Å². The number of benzene rings is 4. The summed E-state index contributed by atoms with van der Waals surface area (Å²) < 4.78 is 0. The van der Waals surface area contributed by atoms with Gasteiger partial charge < -0.3 is 10.2 Å². The molecule has 4 aromatic carbocycles. The topological polar surface area (TPSA) is 15.3 Å². The number of para-hydroxylation sites is 3. The second kappa shape index (κ2) is 8.83. The monoisotopic (exact) mass is 412 g/mol. The molecular formula is C30H24N2. The molecule has 0 unspecified atom stereocenters. The van der Waals surface area contributed by atoms with E-state index >= 15 is 0 Å². The maximum atomic E-state index is 4.32. The lowest BCUT2D eigenvalue weighted by Gasteiger charge is -2.26. The van der Waals surface area contributed by atoms with Gasteiger partial charge in [-0.1, -0.05) is 85.5 Å². The minimum absolute atomic E-state index is 0.995. The van der Waals surface area contributed by atoms with Crippen LogP contribution in [0.2, 0.25) is 0 Å². The maximum Gasteiger partial charge on any atom is 0.0533 e. The van der Waals surface area contributed by atoms with Crippen LogP contribution in [0, 0.1) is 0 Å². The fourth-order valence-corrected chi connectivity index (χ4v) is 3.89. The number of allylic oxidation sites excluding steroid dienone is 4. The first kappa shape index (κ1) is 19.7. The molecule has 2 nitrogen and oxygen atoms in total. The van der Waals surface area contributed by atoms with Crippen molar-refractivity contribution in [3.63, 3.8) is 0 Å². The Balaban J connectivity index is 1.54. The highest BCUT2D eigenvalue weighted by Gasteiger charge is 2.15. The molecule has 32 heavy (non-hydrogen) atoms. The Morgan fingerprint density at radius 2 is 1.22 bits per heavy atom. The molecule has 2 heteroatoms. The quantitative estimate of drug-likeness (QED) is 0.363. The van der Waals surface area contributed by atoms with Crippen molar-refractivity contribution in [1.82, 2.24) is 0 Å². The normalized spacial score (nSPS) is 15.7. The van der Waals surface area contributed by atoms with Crippen LogP contribution in [0.5, 0.6) is 0 Å². The molecule has 154 valence electrons. The zero-order chi connectivity index (χ0) is 21.8. The van der Waals surface area contributed by atoms with Crippen LogP contribution in [0.25, 0.3) is 11.1 Å². The molecule has 0 amide bonds. The molecule has 0 aromatic heterocycles. The molecular weight excluding hydrogens is 388 g/mol. The molecule has 1 aliphatic heterocycles. The molecule has 1 N–H and O–H groups in total. The molecule has 0 spiro atoms. The number of nitrogens with one attached hydrogen (secondary N) is 1. The van der Waals surface area contributed by atoms with Crippen LogP contribution < -0.4 is 10.2 Å². The molecule has 0 aliphatic carbocycles. The second-order valence-electron chi connectivity index (χ2n) is 7.73. The van der Waals surface area contributed by atoms with E-state index in [4.69, 9.17) is 0 Å². The number of nitrogens with zero attached hydrogens (tertiary/aromatic N) is 1. The summed E-state index contributed by atoms with van der Waals surface area (Å²) >= 11 is 0. The Hall–Kier alpha value is -4.30. The van der Waals surface area contributed by atoms with Crippen molar-refractivity contribution in [2.75, 3.05) is 10.2 Å². The summed E-state index contributed by atoms with van der Waals surface area (Å²) in [7, 11) is 0. The summed E-state index contributed by atoms with van der Waals surface area (Å²) in [5.74, 6) is 0. The zero-order valence-corrected chi connectivity index (χ0v) is 17.8. The smallest absolute Gasteiger partial charge is 0.0533 e. The molecule has 0 radical (unpaired) electrons. The average Bonchev–Trinajstić information content (AvgIpc) is 2.85. The predicted octanol–water partition coefficient (Wildman–Crippen LogP) is 8.19. The number of rotatable bonds is 4. The molecule has 0 saturated heterocycles. The summed E-state index contributed by atoms with van der Waals surface area (Å²) in [6, 6.07) is 37.6. The van der Waals surface area contributed by atoms with E-state index in [9.17, 15) is 0 Å². The predicted molar refractivity (Wildman–Crippen MR) is 137 cm³/mol. The lowest BCUT2D eigenvalue weighted by Crippen LogP contribution is -2.12. The van der Waals surface area contributed by atoms with Gasteiger partial charge in [-0.05, 0) is 59.2 Å². The van der Waals surface area contributed by atoms with Gasteiger partial charge in [0.05, 0.1) is 5.69 Å². The number of hydrogen-bond acceptors (Lipinski definition) is 2. The number of anilines is 4. The highest BCUT2D eigenvalue weighted by Crippen LogP contribution is 2.36. The summed E-state index contributed by atoms with van der Waals surface area (Å²) in [4.78, 5) is 2.25. The zero-order valence-electron chi connectivity index (χ0n) is 17.8. The SMILES string of the molecule is C=C1/C=C\C(c2ccc(Nc3ccccc3)cc2)=C/N(c2ccccc2)c2ccccc21. The fourth-order valence-electron chi connectivity index (χ4n) is 3.89. The largest absolute Gasteiger partial charge is 0.356 e. The Kier molecular flexibility index (Phi) is 5.42. The second-order valence-corrected chi connectivity index (χ2v) is 7.73. The summed E-state index contributed by atoms with van der Waals surface area (Å²) in [5, 5.41) is 3.45. The number of fused-ring (bicyclic) bond motifs is 1. The average molecular weight is 413 g/mol. The van der Waals surface area contributed by atoms with E-state index in [-0.39, 0.29) is 0 Å². The van der Waals surface area contributed by atoms with Gasteiger partial charge in [0, 0.05) is 28.8 Å². The van der Waals surface area contributed by atoms with Gasteiger partial charge in [0.25, 0.3) is 0 Å². The van der Waals surface area contributed by atoms with Gasteiger partial charge in [-0.3, -0.25) is 0 Å². The van der Waals surface area contributed by atoms with Crippen molar-refractivity contribution in [3.8, 4) is 0 Å². The van der Waals surface area contributed by atoms with Crippen LogP contribution in [-0.2, 0) is 0 Å². The molecule has 0 bridgehead atoms. The van der Waals surface area contributed by atoms with Gasteiger partial charge in [0.2, 0.25) is 0 Å². The minimum Gasteiger partial charge on any atom is -0.356 e. The van der Waals surface area contributed by atoms with Crippen molar-refractivity contribution in [2.45, 2.75) is 0 Å². The van der Waals surface area contributed by atoms with Gasteiger partial charge in [0.15, 0.2) is 0 Å². The van der Waals surface area contributed by atoms with Crippen LogP contribution in [0.1, 0.15) is 11.1 Å². The summed E-state index contributed by atoms with van der Waals surface area (Å²) in [6.45, 7) is 4.32. The summed E-state index contributed by atoms with van der Waals surface area (Å²) in [6.07, 6.45) is 6.45. The Labute approximate surface area is 189 Å². The molecule has 1 heterocycles. The van der Waals surface area contributed by atoms with Gasteiger partial charge in [-0.25, -0.2) is 0 Å². The van der Waals surface area contributed by atoms with E-state index in [0.29, 0.717) is 0 Å². The van der Waals surface area contributed by atoms with E-state index in [2.05, 4.69) is 120 Å². The van der Waals surface area contributed by atoms with Crippen molar-refractivity contribution in [1.29, 1.82) is 0 Å². The van der Waals surface area contributed by atoms with Crippen molar-refractivity contribution < 1.29 is 0 Å². The Bertz CT molecular complexity index is 1280. The van der Waals surface area contributed by atoms with Crippen molar-refractivity contribution >= 4 is 33.9 Å². The molecule has 0 saturated carbocycles. The Morgan fingerprint density at radius 1 is 0.594 bits per heavy atom. The van der Waals surface area contributed by atoms with Crippen LogP contribution in [0.15, 0.2) is 134 Å². The molecule has 1 aliphatic rings. The standard InChI is InChI=1S/C30H24N2/c1-23-16-17-25(24-18-20-27(21-19-24)31-26-10-4-2-5-11-26)22-32(28-12-6-3-7-13-28)30-15-9-8-14-29(23)30/h2-22,31H,1H2/b17-16-,25-22+. The maximum absolute atomic E-state index is 4.32. The van der Waals surface area contributed by atoms with Gasteiger partial charge in [0.1, 0.15) is 0 Å². The third-order valence-corrected chi connectivity index (χ3v) is 5.56. The first-order valence-electron chi connectivity index (χ1n) is 10.7. The molecule has 0 fully saturated rings. The first-order chi connectivity index (χ1) is 15.8. The van der Waals surface area contributed by atoms with E-state index in [1.165, 1.54) is 0 Å². The first-order valence-corrected chi connectivity index (χ1v) is 10.7. The van der Waals surface area contributed by atoms with E-state index < -0.39 is 0 Å². The number of hydrogen-bond donors (Lipinski definition) is 1. The van der Waals surface area contributed by atoms with E-state index in [0.717, 1.165) is 45.0 Å². The fraction of sp³-hybridized carbons (Fsp3) is 0. The molecule has 0 atom stereocenters. The lowest BCUT2D eigenvalue weighted by molar-refractivity contribution is 1.27. The van der Waals surface area contributed by atoms with Crippen molar-refractivity contribution in [2.24, 2.45) is 0 Å². The Morgan fingerprint density at radius 3 is 1.97 bits per heavy atom. The molecule has 5 rings (SSSR count). The van der Waals surface area contributed by atoms with Gasteiger partial charge >= 0.3 is 0 Å². The van der Waals surface area contributed by atoms with E-state index in [1.807, 2.05) is 24.3 Å². The van der Waals surface area contributed by atoms with Crippen LogP contribution in [0.4, 0.5) is 22.7 Å². The summed E-state index contributed by atoms with van der Waals surface area (Å²) in [5.41, 5.74) is 8.76. The van der Waals surface area contributed by atoms with Crippen LogP contribution >= 0.6 is 0 Å². The van der Waals surface area contributed by atoms with Crippen LogP contribution in [-0.4, -0.2) is 0 Å². The van der Waals surface area contributed by atoms with Crippen molar-refractivity contribution in [3.05, 3.63) is 145 Å². The third-order valence-electron chi connectivity index (χ3n) is 5.56. The van der Waals surface area contributed by atoms with Crippen LogP contribution in [0.3, 0.4) is 0 Å². The molecule has 4 aromatic rings. The van der Waals surface area contributed by atoms with E-state index in [1.54, 1.807) is 0 Å². The highest BCUT2D eigenvalue weighted by molar-refractivity contribution is 5.91. The third kappa shape index (κ3) is 4.12. The minimum atomic E-state index is 0.995.